The van der Waals surface area contributed by atoms with Crippen LogP contribution in [0.5, 0.6) is 0 Å². The second-order valence-electron chi connectivity index (χ2n) is 4.38. The van der Waals surface area contributed by atoms with E-state index < -0.39 is 11.6 Å². The number of esters is 1. The van der Waals surface area contributed by atoms with E-state index in [4.69, 9.17) is 4.74 Å². The van der Waals surface area contributed by atoms with E-state index in [1.165, 1.54) is 6.07 Å². The van der Waals surface area contributed by atoms with Gasteiger partial charge >= 0.3 is 5.97 Å². The van der Waals surface area contributed by atoms with Crippen LogP contribution in [0.15, 0.2) is 6.07 Å². The Bertz CT molecular complexity index is 385. The third-order valence-electron chi connectivity index (χ3n) is 1.80. The highest BCUT2D eigenvalue weighted by Gasteiger charge is 2.19. The Morgan fingerprint density at radius 1 is 1.47 bits per heavy atom. The maximum Gasteiger partial charge on any atom is 0.355 e. The molecule has 0 radical (unpaired) electrons. The minimum absolute atomic E-state index is 0.310. The van der Waals surface area contributed by atoms with E-state index in [0.717, 1.165) is 0 Å². The molecule has 0 aliphatic rings. The van der Waals surface area contributed by atoms with Crippen LogP contribution in [0.2, 0.25) is 0 Å². The molecule has 0 saturated carbocycles. The van der Waals surface area contributed by atoms with Crippen molar-refractivity contribution in [2.75, 3.05) is 0 Å². The summed E-state index contributed by atoms with van der Waals surface area (Å²) in [6.07, 6.45) is 0.708. The Hall–Kier alpha value is -1.58. The van der Waals surface area contributed by atoms with Crippen molar-refractivity contribution < 1.29 is 14.3 Å². The van der Waals surface area contributed by atoms with Gasteiger partial charge in [0.1, 0.15) is 11.3 Å². The summed E-state index contributed by atoms with van der Waals surface area (Å²) in [5, 5.41) is 0. The largest absolute Gasteiger partial charge is 0.455 e. The molecule has 0 aliphatic carbocycles. The van der Waals surface area contributed by atoms with Gasteiger partial charge in [-0.05, 0) is 33.8 Å². The van der Waals surface area contributed by atoms with Crippen LogP contribution in [0.3, 0.4) is 0 Å². The maximum atomic E-state index is 11.6. The fourth-order valence-corrected chi connectivity index (χ4v) is 1.14. The Labute approximate surface area is 88.6 Å². The van der Waals surface area contributed by atoms with Crippen molar-refractivity contribution in [3.8, 4) is 0 Å². The summed E-state index contributed by atoms with van der Waals surface area (Å²) in [5.41, 5.74) is 0.934. The average Bonchev–Trinajstić information content (AvgIpc) is 2.43. The molecule has 0 aliphatic heterocycles. The molecule has 15 heavy (non-hydrogen) atoms. The first kappa shape index (κ1) is 11.5. The zero-order valence-electron chi connectivity index (χ0n) is 9.38. The second kappa shape index (κ2) is 3.88. The van der Waals surface area contributed by atoms with Gasteiger partial charge in [0.15, 0.2) is 6.29 Å². The molecule has 0 bridgehead atoms. The molecule has 0 unspecified atom stereocenters. The smallest absolute Gasteiger partial charge is 0.355 e. The quantitative estimate of drug-likeness (QED) is 0.599. The molecule has 0 amide bonds. The van der Waals surface area contributed by atoms with E-state index in [2.05, 4.69) is 4.98 Å². The SMILES string of the molecule is Cc1[nH]c(C(=O)OC(C)(C)C)cc1C=O. The number of hydrogen-bond acceptors (Lipinski definition) is 3. The van der Waals surface area contributed by atoms with Crippen LogP contribution in [0.4, 0.5) is 0 Å². The number of aromatic nitrogens is 1. The molecule has 1 N–H and O–H groups in total. The Morgan fingerprint density at radius 3 is 2.47 bits per heavy atom. The van der Waals surface area contributed by atoms with Crippen molar-refractivity contribution in [2.45, 2.75) is 33.3 Å². The number of rotatable bonds is 2. The van der Waals surface area contributed by atoms with Gasteiger partial charge in [-0.3, -0.25) is 4.79 Å². The molecule has 4 nitrogen and oxygen atoms in total. The molecule has 1 heterocycles. The number of aryl methyl sites for hydroxylation is 1. The number of aldehydes is 1. The molecular weight excluding hydrogens is 194 g/mol. The van der Waals surface area contributed by atoms with E-state index in [-0.39, 0.29) is 0 Å². The van der Waals surface area contributed by atoms with E-state index in [9.17, 15) is 9.59 Å². The number of ether oxygens (including phenoxy) is 1. The van der Waals surface area contributed by atoms with Gasteiger partial charge in [0, 0.05) is 11.3 Å². The number of H-pyrrole nitrogens is 1. The summed E-state index contributed by atoms with van der Waals surface area (Å²) in [5.74, 6) is -0.446. The molecule has 82 valence electrons. The van der Waals surface area contributed by atoms with Crippen LogP contribution in [-0.2, 0) is 4.74 Å². The van der Waals surface area contributed by atoms with Gasteiger partial charge < -0.3 is 9.72 Å². The molecule has 1 aromatic rings. The summed E-state index contributed by atoms with van der Waals surface area (Å²) < 4.78 is 5.15. The van der Waals surface area contributed by atoms with Crippen LogP contribution < -0.4 is 0 Å². The van der Waals surface area contributed by atoms with E-state index in [1.807, 2.05) is 0 Å². The number of hydrogen-bond donors (Lipinski definition) is 1. The topological polar surface area (TPSA) is 59.2 Å². The summed E-state index contributed by atoms with van der Waals surface area (Å²) in [6.45, 7) is 7.11. The Kier molecular flexibility index (Phi) is 2.98. The highest BCUT2D eigenvalue weighted by molar-refractivity contribution is 5.91. The minimum Gasteiger partial charge on any atom is -0.455 e. The number of nitrogens with one attached hydrogen (secondary N) is 1. The molecule has 0 aromatic carbocycles. The lowest BCUT2D eigenvalue weighted by Crippen LogP contribution is -2.24. The zero-order chi connectivity index (χ0) is 11.6. The van der Waals surface area contributed by atoms with Crippen LogP contribution in [-0.4, -0.2) is 22.8 Å². The predicted molar refractivity (Wildman–Crippen MR) is 56.1 cm³/mol. The van der Waals surface area contributed by atoms with Crippen molar-refractivity contribution >= 4 is 12.3 Å². The first-order valence-corrected chi connectivity index (χ1v) is 4.71. The molecular formula is C11H15NO3. The monoisotopic (exact) mass is 209 g/mol. The highest BCUT2D eigenvalue weighted by atomic mass is 16.6. The van der Waals surface area contributed by atoms with Crippen molar-refractivity contribution in [2.24, 2.45) is 0 Å². The summed E-state index contributed by atoms with van der Waals surface area (Å²) >= 11 is 0. The van der Waals surface area contributed by atoms with Gasteiger partial charge in [-0.2, -0.15) is 0 Å². The lowest BCUT2D eigenvalue weighted by molar-refractivity contribution is 0.00634. The second-order valence-corrected chi connectivity index (χ2v) is 4.38. The van der Waals surface area contributed by atoms with Crippen molar-refractivity contribution in [1.82, 2.24) is 4.98 Å². The number of aromatic amines is 1. The molecule has 1 rings (SSSR count). The predicted octanol–water partition coefficient (Wildman–Crippen LogP) is 2.09. The third kappa shape index (κ3) is 2.94. The maximum absolute atomic E-state index is 11.6. The van der Waals surface area contributed by atoms with Crippen molar-refractivity contribution in [1.29, 1.82) is 0 Å². The van der Waals surface area contributed by atoms with Gasteiger partial charge in [-0.25, -0.2) is 4.79 Å². The normalized spacial score (nSPS) is 11.2. The first-order chi connectivity index (χ1) is 6.83. The molecule has 1 aromatic heterocycles. The Balaban J connectivity index is 2.88. The van der Waals surface area contributed by atoms with E-state index in [0.29, 0.717) is 23.2 Å². The summed E-state index contributed by atoms with van der Waals surface area (Å²) in [4.78, 5) is 25.0. The molecule has 4 heteroatoms. The number of carbonyl (C=O) groups excluding carboxylic acids is 2. The number of carbonyl (C=O) groups is 2. The summed E-state index contributed by atoms with van der Waals surface area (Å²) in [6, 6.07) is 1.50. The zero-order valence-corrected chi connectivity index (χ0v) is 9.38. The molecule has 0 saturated heterocycles. The van der Waals surface area contributed by atoms with Gasteiger partial charge in [0.05, 0.1) is 0 Å². The van der Waals surface area contributed by atoms with Crippen LogP contribution in [0.1, 0.15) is 47.3 Å². The van der Waals surface area contributed by atoms with Crippen LogP contribution in [0, 0.1) is 6.92 Å². The van der Waals surface area contributed by atoms with Gasteiger partial charge in [-0.1, -0.05) is 0 Å². The van der Waals surface area contributed by atoms with E-state index in [1.54, 1.807) is 27.7 Å². The van der Waals surface area contributed by atoms with Crippen LogP contribution >= 0.6 is 0 Å². The lowest BCUT2D eigenvalue weighted by atomic mass is 10.2. The van der Waals surface area contributed by atoms with Crippen LogP contribution in [0.25, 0.3) is 0 Å². The average molecular weight is 209 g/mol. The van der Waals surface area contributed by atoms with Crippen molar-refractivity contribution in [3.63, 3.8) is 0 Å². The lowest BCUT2D eigenvalue weighted by Gasteiger charge is -2.18. The van der Waals surface area contributed by atoms with Crippen molar-refractivity contribution in [3.05, 3.63) is 23.0 Å². The minimum atomic E-state index is -0.530. The molecule has 0 fully saturated rings. The van der Waals surface area contributed by atoms with E-state index >= 15 is 0 Å². The standard InChI is InChI=1S/C11H15NO3/c1-7-8(6-13)5-9(12-7)10(14)15-11(2,3)4/h5-6,12H,1-4H3. The fraction of sp³-hybridized carbons (Fsp3) is 0.455. The van der Waals surface area contributed by atoms with Gasteiger partial charge in [-0.15, -0.1) is 0 Å². The molecule has 0 atom stereocenters. The highest BCUT2D eigenvalue weighted by Crippen LogP contribution is 2.13. The molecule has 0 spiro atoms. The van der Waals surface area contributed by atoms with Gasteiger partial charge in [0.25, 0.3) is 0 Å². The first-order valence-electron chi connectivity index (χ1n) is 4.71. The van der Waals surface area contributed by atoms with Gasteiger partial charge in [0.2, 0.25) is 0 Å². The third-order valence-corrected chi connectivity index (χ3v) is 1.80. The Morgan fingerprint density at radius 2 is 2.07 bits per heavy atom. The summed E-state index contributed by atoms with van der Waals surface area (Å²) in [7, 11) is 0. The fourth-order valence-electron chi connectivity index (χ4n) is 1.14.